The molecule has 30 heavy (non-hydrogen) atoms. The molecule has 1 saturated heterocycles. The van der Waals surface area contributed by atoms with Gasteiger partial charge >= 0.3 is 0 Å². The van der Waals surface area contributed by atoms with Crippen molar-refractivity contribution in [2.24, 2.45) is 5.73 Å². The molecule has 0 amide bonds. The molecule has 7 nitrogen and oxygen atoms in total. The number of pyridine rings is 2. The number of nitrogens with zero attached hydrogens (tertiary/aromatic N) is 5. The molecule has 4 heterocycles. The summed E-state index contributed by atoms with van der Waals surface area (Å²) in [7, 11) is 1.44. The molecule has 0 saturated carbocycles. The van der Waals surface area contributed by atoms with Crippen molar-refractivity contribution in [1.29, 1.82) is 0 Å². The Labute approximate surface area is 173 Å². The van der Waals surface area contributed by atoms with Gasteiger partial charge in [0.1, 0.15) is 11.2 Å². The van der Waals surface area contributed by atoms with Crippen molar-refractivity contribution in [3.8, 4) is 17.3 Å². The van der Waals surface area contributed by atoms with E-state index in [1.54, 1.807) is 12.1 Å². The van der Waals surface area contributed by atoms with Crippen molar-refractivity contribution < 1.29 is 9.13 Å². The number of hydrogen-bond acceptors (Lipinski definition) is 6. The van der Waals surface area contributed by atoms with Crippen molar-refractivity contribution in [1.82, 2.24) is 24.5 Å². The zero-order chi connectivity index (χ0) is 20.8. The fraction of sp³-hybridized carbons (Fsp3) is 0.318. The van der Waals surface area contributed by atoms with Gasteiger partial charge in [0, 0.05) is 36.8 Å². The first kappa shape index (κ1) is 18.9. The van der Waals surface area contributed by atoms with E-state index >= 15 is 0 Å². The summed E-state index contributed by atoms with van der Waals surface area (Å²) in [5.74, 6) is 0.254. The van der Waals surface area contributed by atoms with Crippen LogP contribution >= 0.6 is 0 Å². The highest BCUT2D eigenvalue weighted by Gasteiger charge is 2.25. The lowest BCUT2D eigenvalue weighted by Crippen LogP contribution is -2.28. The van der Waals surface area contributed by atoms with Gasteiger partial charge in [-0.2, -0.15) is 0 Å². The van der Waals surface area contributed by atoms with Gasteiger partial charge in [0.15, 0.2) is 23.0 Å². The Morgan fingerprint density at radius 3 is 2.77 bits per heavy atom. The number of benzene rings is 1. The first-order chi connectivity index (χ1) is 14.5. The molecule has 1 aromatic carbocycles. The summed E-state index contributed by atoms with van der Waals surface area (Å²) in [5.41, 5.74) is 8.74. The van der Waals surface area contributed by atoms with E-state index in [1.807, 2.05) is 28.8 Å². The number of rotatable bonds is 4. The number of methoxy groups -OCH3 is 1. The predicted molar refractivity (Wildman–Crippen MR) is 113 cm³/mol. The molecule has 4 aromatic rings. The van der Waals surface area contributed by atoms with Crippen LogP contribution in [-0.4, -0.2) is 50.7 Å². The zero-order valence-electron chi connectivity index (χ0n) is 16.9. The molecule has 0 unspecified atom stereocenters. The fourth-order valence-corrected chi connectivity index (χ4v) is 4.12. The highest BCUT2D eigenvalue weighted by Crippen LogP contribution is 2.29. The number of aromatic nitrogens is 4. The Kier molecular flexibility index (Phi) is 4.60. The van der Waals surface area contributed by atoms with Gasteiger partial charge in [0.25, 0.3) is 0 Å². The second-order valence-corrected chi connectivity index (χ2v) is 7.78. The smallest absolute Gasteiger partial charge is 0.191 e. The van der Waals surface area contributed by atoms with Gasteiger partial charge in [0.05, 0.1) is 7.11 Å². The Morgan fingerprint density at radius 2 is 2.00 bits per heavy atom. The maximum Gasteiger partial charge on any atom is 0.191 e. The molecule has 2 N–H and O–H groups in total. The standard InChI is InChI=1S/C22H23FN6O/c1-13(28-10-9-16(24)12-28)15-5-8-19-26-27-22(29(19)11-15)17-6-3-14-4-7-18(30-2)20(23)21(14)25-17/h3-8,11,13,16H,9-10,12,24H2,1-2H3/t13-,16-/m0/s1. The number of nitrogens with two attached hydrogens (primary N) is 1. The third-order valence-electron chi connectivity index (χ3n) is 5.93. The Balaban J connectivity index is 1.58. The van der Waals surface area contributed by atoms with Crippen LogP contribution < -0.4 is 10.5 Å². The predicted octanol–water partition coefficient (Wildman–Crippen LogP) is 3.19. The molecular weight excluding hydrogens is 383 g/mol. The maximum absolute atomic E-state index is 14.7. The van der Waals surface area contributed by atoms with Crippen LogP contribution in [-0.2, 0) is 0 Å². The van der Waals surface area contributed by atoms with Crippen molar-refractivity contribution in [3.05, 3.63) is 54.0 Å². The minimum Gasteiger partial charge on any atom is -0.494 e. The molecule has 8 heteroatoms. The molecule has 0 bridgehead atoms. The number of likely N-dealkylation sites (tertiary alicyclic amines) is 1. The summed E-state index contributed by atoms with van der Waals surface area (Å²) in [6.07, 6.45) is 3.05. The van der Waals surface area contributed by atoms with Gasteiger partial charge in [0.2, 0.25) is 0 Å². The van der Waals surface area contributed by atoms with Crippen molar-refractivity contribution in [2.75, 3.05) is 20.2 Å². The lowest BCUT2D eigenvalue weighted by Gasteiger charge is -2.24. The van der Waals surface area contributed by atoms with Crippen LogP contribution in [0.25, 0.3) is 28.1 Å². The van der Waals surface area contributed by atoms with Crippen LogP contribution in [0.2, 0.25) is 0 Å². The third kappa shape index (κ3) is 3.09. The third-order valence-corrected chi connectivity index (χ3v) is 5.93. The summed E-state index contributed by atoms with van der Waals surface area (Å²) in [6, 6.07) is 11.5. The summed E-state index contributed by atoms with van der Waals surface area (Å²) in [4.78, 5) is 6.91. The minimum absolute atomic E-state index is 0.165. The molecule has 0 radical (unpaired) electrons. The topological polar surface area (TPSA) is 81.6 Å². The fourth-order valence-electron chi connectivity index (χ4n) is 4.12. The summed E-state index contributed by atoms with van der Waals surface area (Å²) in [6.45, 7) is 4.06. The summed E-state index contributed by atoms with van der Waals surface area (Å²) < 4.78 is 21.7. The SMILES string of the molecule is COc1ccc2ccc(-c3nnc4ccc([C@H](C)N5CC[C@H](N)C5)cn34)nc2c1F. The van der Waals surface area contributed by atoms with Crippen LogP contribution in [0.1, 0.15) is 24.9 Å². The van der Waals surface area contributed by atoms with Gasteiger partial charge in [-0.3, -0.25) is 9.30 Å². The Bertz CT molecular complexity index is 1240. The van der Waals surface area contributed by atoms with Gasteiger partial charge in [-0.25, -0.2) is 9.37 Å². The van der Waals surface area contributed by atoms with E-state index in [4.69, 9.17) is 10.5 Å². The molecular formula is C22H23FN6O. The molecule has 1 aliphatic heterocycles. The van der Waals surface area contributed by atoms with Gasteiger partial charge in [-0.05, 0) is 43.2 Å². The average molecular weight is 406 g/mol. The van der Waals surface area contributed by atoms with Crippen LogP contribution in [0, 0.1) is 5.82 Å². The minimum atomic E-state index is -0.481. The first-order valence-electron chi connectivity index (χ1n) is 10.0. The van der Waals surface area contributed by atoms with E-state index in [2.05, 4.69) is 33.1 Å². The highest BCUT2D eigenvalue weighted by atomic mass is 19.1. The number of fused-ring (bicyclic) bond motifs is 2. The lowest BCUT2D eigenvalue weighted by molar-refractivity contribution is 0.259. The monoisotopic (exact) mass is 406 g/mol. The molecule has 5 rings (SSSR count). The number of ether oxygens (including phenoxy) is 1. The second-order valence-electron chi connectivity index (χ2n) is 7.78. The number of hydrogen-bond donors (Lipinski definition) is 1. The van der Waals surface area contributed by atoms with Crippen molar-refractivity contribution in [2.45, 2.75) is 25.4 Å². The maximum atomic E-state index is 14.7. The molecule has 0 spiro atoms. The van der Waals surface area contributed by atoms with Crippen molar-refractivity contribution >= 4 is 16.6 Å². The highest BCUT2D eigenvalue weighted by molar-refractivity contribution is 5.83. The lowest BCUT2D eigenvalue weighted by atomic mass is 10.1. The van der Waals surface area contributed by atoms with E-state index in [0.29, 0.717) is 22.6 Å². The average Bonchev–Trinajstić information content (AvgIpc) is 3.39. The largest absolute Gasteiger partial charge is 0.494 e. The van der Waals surface area contributed by atoms with Crippen LogP contribution in [0.4, 0.5) is 4.39 Å². The van der Waals surface area contributed by atoms with Crippen LogP contribution in [0.5, 0.6) is 5.75 Å². The summed E-state index contributed by atoms with van der Waals surface area (Å²) >= 11 is 0. The van der Waals surface area contributed by atoms with Crippen molar-refractivity contribution in [3.63, 3.8) is 0 Å². The van der Waals surface area contributed by atoms with Gasteiger partial charge < -0.3 is 10.5 Å². The zero-order valence-corrected chi connectivity index (χ0v) is 16.9. The molecule has 0 aliphatic carbocycles. The van der Waals surface area contributed by atoms with Gasteiger partial charge in [-0.1, -0.05) is 12.1 Å². The van der Waals surface area contributed by atoms with Gasteiger partial charge in [-0.15, -0.1) is 10.2 Å². The quantitative estimate of drug-likeness (QED) is 0.561. The van der Waals surface area contributed by atoms with E-state index in [-0.39, 0.29) is 23.3 Å². The Hall–Kier alpha value is -3.10. The second kappa shape index (κ2) is 7.30. The molecule has 154 valence electrons. The molecule has 1 fully saturated rings. The Morgan fingerprint density at radius 1 is 1.17 bits per heavy atom. The molecule has 2 atom stereocenters. The van der Waals surface area contributed by atoms with E-state index in [1.165, 1.54) is 7.11 Å². The van der Waals surface area contributed by atoms with Crippen LogP contribution in [0.3, 0.4) is 0 Å². The molecule has 1 aliphatic rings. The van der Waals surface area contributed by atoms with E-state index < -0.39 is 5.82 Å². The summed E-state index contributed by atoms with van der Waals surface area (Å²) in [5, 5.41) is 9.28. The van der Waals surface area contributed by atoms with Crippen LogP contribution in [0.15, 0.2) is 42.6 Å². The van der Waals surface area contributed by atoms with E-state index in [9.17, 15) is 4.39 Å². The van der Waals surface area contributed by atoms with E-state index in [0.717, 1.165) is 25.1 Å². The normalized spacial score (nSPS) is 18.3. The number of halogens is 1. The first-order valence-corrected chi connectivity index (χ1v) is 10.0. The molecule has 3 aromatic heterocycles.